The average Bonchev–Trinajstić information content (AvgIpc) is 2.94. The Morgan fingerprint density at radius 2 is 1.66 bits per heavy atom. The van der Waals surface area contributed by atoms with Crippen LogP contribution in [0.25, 0.3) is 10.9 Å². The Labute approximate surface area is 282 Å². The van der Waals surface area contributed by atoms with Gasteiger partial charge < -0.3 is 23.2 Å². The van der Waals surface area contributed by atoms with Crippen molar-refractivity contribution in [2.75, 3.05) is 26.1 Å². The number of nitrogens with one attached hydrogen (secondary N) is 1. The number of halogens is 2. The first-order valence-corrected chi connectivity index (χ1v) is 18.8. The monoisotopic (exact) mass is 690 g/mol. The molecule has 0 radical (unpaired) electrons. The highest BCUT2D eigenvalue weighted by Crippen LogP contribution is 2.38. The van der Waals surface area contributed by atoms with Crippen LogP contribution < -0.4 is 15.5 Å². The van der Waals surface area contributed by atoms with Gasteiger partial charge in [-0.15, -0.1) is 0 Å². The van der Waals surface area contributed by atoms with Gasteiger partial charge in [-0.05, 0) is 74.1 Å². The predicted molar refractivity (Wildman–Crippen MR) is 187 cm³/mol. The summed E-state index contributed by atoms with van der Waals surface area (Å²) >= 11 is 6.23. The summed E-state index contributed by atoms with van der Waals surface area (Å²) in [5.41, 5.74) is -0.0269. The molecule has 3 aromatic rings. The SMILES string of the molecule is COC(=O)c1cn([C@H](CO[Si](C)(C)C(C)(C)C)C(C)C)c2cc(OC)c(Cc3cc(NC(=O)OC(C)(C)C)cc(Cl)c3F)cc2c1=O. The zero-order valence-corrected chi connectivity index (χ0v) is 31.3. The maximum Gasteiger partial charge on any atom is 0.412 e. The van der Waals surface area contributed by atoms with E-state index in [1.165, 1.54) is 32.5 Å². The van der Waals surface area contributed by atoms with Crippen LogP contribution in [0.1, 0.15) is 82.9 Å². The molecule has 0 fully saturated rings. The van der Waals surface area contributed by atoms with E-state index in [4.69, 9.17) is 30.2 Å². The van der Waals surface area contributed by atoms with Crippen molar-refractivity contribution in [1.29, 1.82) is 0 Å². The van der Waals surface area contributed by atoms with Crippen molar-refractivity contribution in [2.45, 2.75) is 91.6 Å². The summed E-state index contributed by atoms with van der Waals surface area (Å²) in [6.45, 7) is 20.5. The van der Waals surface area contributed by atoms with Crippen molar-refractivity contribution in [3.05, 3.63) is 68.2 Å². The zero-order chi connectivity index (χ0) is 35.6. The molecule has 1 aromatic heterocycles. The van der Waals surface area contributed by atoms with Crippen molar-refractivity contribution >= 4 is 48.6 Å². The lowest BCUT2D eigenvalue weighted by atomic mass is 9.98. The summed E-state index contributed by atoms with van der Waals surface area (Å²) in [5, 5.41) is 2.60. The number of methoxy groups -OCH3 is 2. The number of carbonyl (C=O) groups is 2. The van der Waals surface area contributed by atoms with Gasteiger partial charge in [0.05, 0.1) is 37.4 Å². The Morgan fingerprint density at radius 3 is 2.19 bits per heavy atom. The number of hydrogen-bond donors (Lipinski definition) is 1. The number of benzene rings is 2. The first-order chi connectivity index (χ1) is 21.6. The summed E-state index contributed by atoms with van der Waals surface area (Å²) in [7, 11) is 0.564. The van der Waals surface area contributed by atoms with Crippen LogP contribution in [-0.2, 0) is 20.3 Å². The molecule has 1 N–H and O–H groups in total. The van der Waals surface area contributed by atoms with Crippen molar-refractivity contribution in [3.63, 3.8) is 0 Å². The molecule has 0 aliphatic carbocycles. The smallest absolute Gasteiger partial charge is 0.412 e. The molecule has 9 nitrogen and oxygen atoms in total. The number of anilines is 1. The highest BCUT2D eigenvalue weighted by Gasteiger charge is 2.38. The van der Waals surface area contributed by atoms with Gasteiger partial charge in [-0.25, -0.2) is 14.0 Å². The molecule has 258 valence electrons. The first kappa shape index (κ1) is 38.0. The fourth-order valence-corrected chi connectivity index (χ4v) is 6.12. The second-order valence-corrected chi connectivity index (χ2v) is 19.8. The van der Waals surface area contributed by atoms with Gasteiger partial charge in [-0.3, -0.25) is 10.1 Å². The van der Waals surface area contributed by atoms with Gasteiger partial charge in [0.25, 0.3) is 0 Å². The normalized spacial score (nSPS) is 13.1. The van der Waals surface area contributed by atoms with Gasteiger partial charge in [-0.2, -0.15) is 0 Å². The number of fused-ring (bicyclic) bond motifs is 1. The van der Waals surface area contributed by atoms with E-state index < -0.39 is 37.2 Å². The lowest BCUT2D eigenvalue weighted by Crippen LogP contribution is -2.42. The molecule has 0 aliphatic rings. The molecule has 1 atom stereocenters. The third-order valence-corrected chi connectivity index (χ3v) is 13.3. The average molecular weight is 691 g/mol. The van der Waals surface area contributed by atoms with E-state index in [9.17, 15) is 14.4 Å². The molecule has 0 saturated heterocycles. The van der Waals surface area contributed by atoms with Crippen molar-refractivity contribution in [1.82, 2.24) is 4.57 Å². The number of pyridine rings is 1. The number of aromatic nitrogens is 1. The van der Waals surface area contributed by atoms with Crippen LogP contribution >= 0.6 is 11.6 Å². The van der Waals surface area contributed by atoms with Crippen LogP contribution in [-0.4, -0.2) is 51.4 Å². The molecule has 12 heteroatoms. The van der Waals surface area contributed by atoms with Gasteiger partial charge in [0.1, 0.15) is 22.7 Å². The maximum atomic E-state index is 15.4. The van der Waals surface area contributed by atoms with E-state index in [2.05, 4.69) is 53.0 Å². The van der Waals surface area contributed by atoms with E-state index in [1.54, 1.807) is 32.9 Å². The summed E-state index contributed by atoms with van der Waals surface area (Å²) in [6, 6.07) is 5.81. The van der Waals surface area contributed by atoms with Crippen molar-refractivity contribution in [2.24, 2.45) is 5.92 Å². The molecule has 0 unspecified atom stereocenters. The Kier molecular flexibility index (Phi) is 11.6. The minimum absolute atomic E-state index is 0.0205. The topological polar surface area (TPSA) is 105 Å². The lowest BCUT2D eigenvalue weighted by molar-refractivity contribution is 0.0595. The molecule has 1 amide bonds. The van der Waals surface area contributed by atoms with Crippen molar-refractivity contribution in [3.8, 4) is 5.75 Å². The third kappa shape index (κ3) is 8.94. The van der Waals surface area contributed by atoms with Gasteiger partial charge in [0.15, 0.2) is 8.32 Å². The fraction of sp³-hybridized carbons (Fsp3) is 0.514. The van der Waals surface area contributed by atoms with Crippen LogP contribution in [0, 0.1) is 11.7 Å². The highest BCUT2D eigenvalue weighted by atomic mass is 35.5. The molecule has 1 heterocycles. The largest absolute Gasteiger partial charge is 0.496 e. The van der Waals surface area contributed by atoms with Crippen LogP contribution in [0.3, 0.4) is 0 Å². The quantitative estimate of drug-likeness (QED) is 0.168. The minimum Gasteiger partial charge on any atom is -0.496 e. The van der Waals surface area contributed by atoms with Crippen LogP contribution in [0.4, 0.5) is 14.9 Å². The van der Waals surface area contributed by atoms with Crippen LogP contribution in [0.5, 0.6) is 5.75 Å². The molecule has 0 bridgehead atoms. The Balaban J connectivity index is 2.21. The number of hydrogen-bond acceptors (Lipinski definition) is 7. The summed E-state index contributed by atoms with van der Waals surface area (Å²) < 4.78 is 40.0. The summed E-state index contributed by atoms with van der Waals surface area (Å²) in [6.07, 6.45) is 0.765. The number of amides is 1. The standard InChI is InChI=1S/C35H48ClFN2O7Si/c1-20(2)28(19-45-47(11,12)35(6,7)8)39-18-25(32(41)44-10)31(40)24-15-21(29(43-9)17-27(24)39)13-22-14-23(16-26(36)30(22)37)38-33(42)46-34(3,4)5/h14-18,20,28H,13,19H2,1-12H3,(H,38,42)/t28-/m1/s1. The van der Waals surface area contributed by atoms with Gasteiger partial charge in [0, 0.05) is 29.8 Å². The van der Waals surface area contributed by atoms with E-state index in [-0.39, 0.29) is 50.6 Å². The minimum atomic E-state index is -2.15. The highest BCUT2D eigenvalue weighted by molar-refractivity contribution is 6.74. The molecule has 0 saturated carbocycles. The number of nitrogens with zero attached hydrogens (tertiary/aromatic N) is 1. The first-order valence-electron chi connectivity index (χ1n) is 15.6. The molecular weight excluding hydrogens is 643 g/mol. The second kappa shape index (κ2) is 14.4. The van der Waals surface area contributed by atoms with Crippen LogP contribution in [0.15, 0.2) is 35.3 Å². The van der Waals surface area contributed by atoms with E-state index in [0.29, 0.717) is 23.4 Å². The van der Waals surface area contributed by atoms with Gasteiger partial charge >= 0.3 is 12.1 Å². The van der Waals surface area contributed by atoms with Gasteiger partial charge in [-0.1, -0.05) is 46.2 Å². The van der Waals surface area contributed by atoms with Crippen molar-refractivity contribution < 1.29 is 32.6 Å². The zero-order valence-electron chi connectivity index (χ0n) is 29.5. The lowest BCUT2D eigenvalue weighted by Gasteiger charge is -2.38. The molecule has 47 heavy (non-hydrogen) atoms. The molecule has 3 rings (SSSR count). The van der Waals surface area contributed by atoms with Gasteiger partial charge in [0.2, 0.25) is 5.43 Å². The fourth-order valence-electron chi connectivity index (χ4n) is 4.86. The summed E-state index contributed by atoms with van der Waals surface area (Å²) in [4.78, 5) is 39.1. The molecular formula is C35H48ClFN2O7Si. The number of carbonyl (C=O) groups excluding carboxylic acids is 2. The number of ether oxygens (including phenoxy) is 3. The molecule has 0 aliphatic heterocycles. The van der Waals surface area contributed by atoms with E-state index in [0.717, 1.165) is 0 Å². The Morgan fingerprint density at radius 1 is 1.02 bits per heavy atom. The van der Waals surface area contributed by atoms with Crippen LogP contribution in [0.2, 0.25) is 23.2 Å². The Bertz CT molecular complexity index is 1710. The molecule has 2 aromatic carbocycles. The number of rotatable bonds is 10. The maximum absolute atomic E-state index is 15.4. The summed E-state index contributed by atoms with van der Waals surface area (Å²) in [5.74, 6) is -1.01. The predicted octanol–water partition coefficient (Wildman–Crippen LogP) is 8.75. The third-order valence-electron chi connectivity index (χ3n) is 8.52. The van der Waals surface area contributed by atoms with E-state index >= 15 is 4.39 Å². The van der Waals surface area contributed by atoms with E-state index in [1.807, 2.05) is 4.57 Å². The molecule has 0 spiro atoms. The Hall–Kier alpha value is -3.41. The second-order valence-electron chi connectivity index (χ2n) is 14.6. The number of esters is 1.